The Hall–Kier alpha value is -0.540. The second-order valence-corrected chi connectivity index (χ2v) is 2.35. The standard InChI is InChI=1S/C6H11NO2/c7-4-1-2-5(8)6(9)3-4/h1,5-6,8-9H,2-3,7H2. The van der Waals surface area contributed by atoms with Gasteiger partial charge in [0.2, 0.25) is 0 Å². The van der Waals surface area contributed by atoms with Crippen LogP contribution in [-0.2, 0) is 0 Å². The summed E-state index contributed by atoms with van der Waals surface area (Å²) in [6.45, 7) is 0. The van der Waals surface area contributed by atoms with Crippen LogP contribution in [0, 0.1) is 0 Å². The average Bonchev–Trinajstić information content (AvgIpc) is 1.80. The molecule has 9 heavy (non-hydrogen) atoms. The topological polar surface area (TPSA) is 66.5 Å². The van der Waals surface area contributed by atoms with Crippen LogP contribution in [0.4, 0.5) is 0 Å². The van der Waals surface area contributed by atoms with E-state index < -0.39 is 12.2 Å². The highest BCUT2D eigenvalue weighted by Gasteiger charge is 2.19. The van der Waals surface area contributed by atoms with Gasteiger partial charge in [0.15, 0.2) is 0 Å². The van der Waals surface area contributed by atoms with Gasteiger partial charge < -0.3 is 15.9 Å². The molecule has 2 atom stereocenters. The maximum atomic E-state index is 8.98. The molecule has 52 valence electrons. The Morgan fingerprint density at radius 3 is 2.56 bits per heavy atom. The first-order valence-electron chi connectivity index (χ1n) is 3.01. The molecule has 3 heteroatoms. The van der Waals surface area contributed by atoms with Gasteiger partial charge in [-0.15, -0.1) is 0 Å². The van der Waals surface area contributed by atoms with Crippen molar-refractivity contribution in [2.24, 2.45) is 5.73 Å². The number of hydrogen-bond donors (Lipinski definition) is 3. The zero-order valence-electron chi connectivity index (χ0n) is 5.12. The molecule has 1 rings (SSSR count). The van der Waals surface area contributed by atoms with Gasteiger partial charge in [0.1, 0.15) is 0 Å². The fourth-order valence-electron chi connectivity index (χ4n) is 0.890. The Bertz CT molecular complexity index is 133. The fraction of sp³-hybridized carbons (Fsp3) is 0.667. The molecule has 1 aliphatic rings. The van der Waals surface area contributed by atoms with Crippen LogP contribution in [0.3, 0.4) is 0 Å². The van der Waals surface area contributed by atoms with Crippen molar-refractivity contribution >= 4 is 0 Å². The second kappa shape index (κ2) is 2.37. The molecule has 0 bridgehead atoms. The minimum absolute atomic E-state index is 0.404. The van der Waals surface area contributed by atoms with Crippen molar-refractivity contribution in [2.75, 3.05) is 0 Å². The van der Waals surface area contributed by atoms with Crippen LogP contribution < -0.4 is 5.73 Å². The number of aliphatic hydroxyl groups is 2. The van der Waals surface area contributed by atoms with E-state index in [0.717, 1.165) is 0 Å². The lowest BCUT2D eigenvalue weighted by Gasteiger charge is -2.20. The molecule has 0 heterocycles. The van der Waals surface area contributed by atoms with E-state index in [1.54, 1.807) is 6.08 Å². The molecule has 0 amide bonds. The highest BCUT2D eigenvalue weighted by Crippen LogP contribution is 2.14. The highest BCUT2D eigenvalue weighted by atomic mass is 16.3. The Balaban J connectivity index is 2.54. The van der Waals surface area contributed by atoms with Crippen molar-refractivity contribution in [3.8, 4) is 0 Å². The van der Waals surface area contributed by atoms with Gasteiger partial charge in [-0.05, 0) is 6.42 Å². The lowest BCUT2D eigenvalue weighted by atomic mass is 9.99. The quantitative estimate of drug-likeness (QED) is 0.407. The first-order valence-corrected chi connectivity index (χ1v) is 3.01. The van der Waals surface area contributed by atoms with Crippen LogP contribution in [0.2, 0.25) is 0 Å². The Kier molecular flexibility index (Phi) is 1.73. The molecule has 0 spiro atoms. The molecule has 0 aromatic rings. The van der Waals surface area contributed by atoms with E-state index in [1.165, 1.54) is 0 Å². The molecule has 0 aromatic carbocycles. The third-order valence-corrected chi connectivity index (χ3v) is 1.51. The smallest absolute Gasteiger partial charge is 0.0856 e. The monoisotopic (exact) mass is 129 g/mol. The third-order valence-electron chi connectivity index (χ3n) is 1.51. The molecule has 0 aromatic heterocycles. The molecule has 1 aliphatic carbocycles. The Morgan fingerprint density at radius 2 is 2.11 bits per heavy atom. The summed E-state index contributed by atoms with van der Waals surface area (Å²) in [4.78, 5) is 0. The van der Waals surface area contributed by atoms with Crippen LogP contribution in [0.5, 0.6) is 0 Å². The van der Waals surface area contributed by atoms with Crippen LogP contribution in [-0.4, -0.2) is 22.4 Å². The predicted molar refractivity (Wildman–Crippen MR) is 33.5 cm³/mol. The van der Waals surface area contributed by atoms with Crippen molar-refractivity contribution in [3.63, 3.8) is 0 Å². The maximum Gasteiger partial charge on any atom is 0.0856 e. The van der Waals surface area contributed by atoms with Gasteiger partial charge >= 0.3 is 0 Å². The van der Waals surface area contributed by atoms with E-state index in [-0.39, 0.29) is 0 Å². The van der Waals surface area contributed by atoms with Crippen LogP contribution in [0.25, 0.3) is 0 Å². The molecule has 0 saturated carbocycles. The summed E-state index contributed by atoms with van der Waals surface area (Å²) in [7, 11) is 0. The largest absolute Gasteiger partial charge is 0.402 e. The zero-order valence-corrected chi connectivity index (χ0v) is 5.12. The van der Waals surface area contributed by atoms with Gasteiger partial charge in [0.05, 0.1) is 12.2 Å². The summed E-state index contributed by atoms with van der Waals surface area (Å²) in [5.41, 5.74) is 6.05. The van der Waals surface area contributed by atoms with Crippen LogP contribution in [0.15, 0.2) is 11.8 Å². The van der Waals surface area contributed by atoms with Crippen LogP contribution >= 0.6 is 0 Å². The van der Waals surface area contributed by atoms with E-state index >= 15 is 0 Å². The average molecular weight is 129 g/mol. The van der Waals surface area contributed by atoms with Crippen molar-refractivity contribution in [1.82, 2.24) is 0 Å². The van der Waals surface area contributed by atoms with E-state index in [4.69, 9.17) is 15.9 Å². The summed E-state index contributed by atoms with van der Waals surface area (Å²) in [5.74, 6) is 0. The first-order chi connectivity index (χ1) is 4.20. The molecule has 2 unspecified atom stereocenters. The minimum atomic E-state index is -0.657. The van der Waals surface area contributed by atoms with Crippen molar-refractivity contribution < 1.29 is 10.2 Å². The van der Waals surface area contributed by atoms with E-state index in [2.05, 4.69) is 0 Å². The van der Waals surface area contributed by atoms with Crippen molar-refractivity contribution in [3.05, 3.63) is 11.8 Å². The van der Waals surface area contributed by atoms with Crippen molar-refractivity contribution in [2.45, 2.75) is 25.0 Å². The Morgan fingerprint density at radius 1 is 1.44 bits per heavy atom. The second-order valence-electron chi connectivity index (χ2n) is 2.35. The van der Waals surface area contributed by atoms with Gasteiger partial charge in [0.25, 0.3) is 0 Å². The summed E-state index contributed by atoms with van der Waals surface area (Å²) in [6.07, 6.45) is 1.36. The number of rotatable bonds is 0. The summed E-state index contributed by atoms with van der Waals surface area (Å²) in [6, 6.07) is 0. The summed E-state index contributed by atoms with van der Waals surface area (Å²) < 4.78 is 0. The highest BCUT2D eigenvalue weighted by molar-refractivity contribution is 5.05. The van der Waals surface area contributed by atoms with E-state index in [1.807, 2.05) is 0 Å². The summed E-state index contributed by atoms with van der Waals surface area (Å²) in [5, 5.41) is 17.9. The normalized spacial score (nSPS) is 36.0. The molecule has 4 N–H and O–H groups in total. The summed E-state index contributed by atoms with van der Waals surface area (Å²) >= 11 is 0. The molecule has 0 saturated heterocycles. The lowest BCUT2D eigenvalue weighted by Crippen LogP contribution is -2.30. The molecular weight excluding hydrogens is 118 g/mol. The number of hydrogen-bond acceptors (Lipinski definition) is 3. The third kappa shape index (κ3) is 1.43. The lowest BCUT2D eigenvalue weighted by molar-refractivity contribution is 0.0166. The van der Waals surface area contributed by atoms with Gasteiger partial charge in [0, 0.05) is 12.1 Å². The first kappa shape index (κ1) is 6.58. The molecule has 3 nitrogen and oxygen atoms in total. The van der Waals surface area contributed by atoms with E-state index in [9.17, 15) is 0 Å². The molecule has 0 aliphatic heterocycles. The molecule has 0 radical (unpaired) electrons. The zero-order chi connectivity index (χ0) is 6.85. The fourth-order valence-corrected chi connectivity index (χ4v) is 0.890. The van der Waals surface area contributed by atoms with E-state index in [0.29, 0.717) is 18.5 Å². The number of aliphatic hydroxyl groups excluding tert-OH is 2. The SMILES string of the molecule is NC1=CCC(O)C(O)C1. The van der Waals surface area contributed by atoms with Gasteiger partial charge in [-0.1, -0.05) is 6.08 Å². The van der Waals surface area contributed by atoms with Gasteiger partial charge in [-0.3, -0.25) is 0 Å². The molecular formula is C6H11NO2. The number of nitrogens with two attached hydrogens (primary N) is 1. The maximum absolute atomic E-state index is 8.98. The van der Waals surface area contributed by atoms with Gasteiger partial charge in [-0.25, -0.2) is 0 Å². The van der Waals surface area contributed by atoms with Gasteiger partial charge in [-0.2, -0.15) is 0 Å². The Labute approximate surface area is 53.8 Å². The minimum Gasteiger partial charge on any atom is -0.402 e. The van der Waals surface area contributed by atoms with Crippen LogP contribution in [0.1, 0.15) is 12.8 Å². The predicted octanol–water partition coefficient (Wildman–Crippen LogP) is -0.655. The molecule has 0 fully saturated rings. The van der Waals surface area contributed by atoms with Crippen molar-refractivity contribution in [1.29, 1.82) is 0 Å².